The second-order valence-corrected chi connectivity index (χ2v) is 6.33. The van der Waals surface area contributed by atoms with Gasteiger partial charge in [-0.2, -0.15) is 0 Å². The highest BCUT2D eigenvalue weighted by molar-refractivity contribution is 5.75. The SMILES string of the molecule is CN1C[C@H]2CN(C(=O)NC(C)(C)C)C[C@@H]2C1. The number of hydrogen-bond donors (Lipinski definition) is 1. The molecule has 0 aromatic heterocycles. The number of nitrogens with zero attached hydrogens (tertiary/aromatic N) is 2. The Labute approximate surface area is 98.0 Å². The smallest absolute Gasteiger partial charge is 0.317 e. The van der Waals surface area contributed by atoms with E-state index in [1.54, 1.807) is 0 Å². The van der Waals surface area contributed by atoms with Crippen molar-refractivity contribution in [2.75, 3.05) is 33.2 Å². The van der Waals surface area contributed by atoms with E-state index in [4.69, 9.17) is 0 Å². The Hall–Kier alpha value is -0.770. The van der Waals surface area contributed by atoms with E-state index in [1.165, 1.54) is 0 Å². The van der Waals surface area contributed by atoms with Crippen molar-refractivity contribution < 1.29 is 4.79 Å². The second kappa shape index (κ2) is 3.91. The van der Waals surface area contributed by atoms with Crippen molar-refractivity contribution in [2.24, 2.45) is 11.8 Å². The number of rotatable bonds is 0. The maximum atomic E-state index is 12.0. The van der Waals surface area contributed by atoms with E-state index in [0.29, 0.717) is 11.8 Å². The van der Waals surface area contributed by atoms with Crippen LogP contribution in [0, 0.1) is 11.8 Å². The standard InChI is InChI=1S/C12H23N3O/c1-12(2,3)13-11(16)15-7-9-5-14(4)6-10(9)8-15/h9-10H,5-8H2,1-4H3,(H,13,16)/t9-,10-/m0/s1. The fourth-order valence-corrected chi connectivity index (χ4v) is 2.79. The molecule has 0 aromatic rings. The third kappa shape index (κ3) is 2.48. The van der Waals surface area contributed by atoms with Gasteiger partial charge in [-0.25, -0.2) is 4.79 Å². The third-order valence-electron chi connectivity index (χ3n) is 3.44. The summed E-state index contributed by atoms with van der Waals surface area (Å²) in [6, 6.07) is 0.101. The Kier molecular flexibility index (Phi) is 2.86. The Bertz CT molecular complexity index is 270. The van der Waals surface area contributed by atoms with Gasteiger partial charge in [0.05, 0.1) is 0 Å². The number of nitrogens with one attached hydrogen (secondary N) is 1. The van der Waals surface area contributed by atoms with Gasteiger partial charge in [0.25, 0.3) is 0 Å². The van der Waals surface area contributed by atoms with Crippen molar-refractivity contribution in [3.8, 4) is 0 Å². The molecule has 4 nitrogen and oxygen atoms in total. The first kappa shape index (κ1) is 11.7. The van der Waals surface area contributed by atoms with E-state index in [-0.39, 0.29) is 11.6 Å². The molecule has 92 valence electrons. The molecule has 0 spiro atoms. The number of amides is 2. The van der Waals surface area contributed by atoms with Crippen LogP contribution in [0.2, 0.25) is 0 Å². The first-order valence-electron chi connectivity index (χ1n) is 6.11. The zero-order chi connectivity index (χ0) is 11.9. The van der Waals surface area contributed by atoms with Crippen LogP contribution in [0.1, 0.15) is 20.8 Å². The molecular weight excluding hydrogens is 202 g/mol. The summed E-state index contributed by atoms with van der Waals surface area (Å²) in [5.41, 5.74) is -0.133. The van der Waals surface area contributed by atoms with Crippen LogP contribution in [-0.2, 0) is 0 Å². The molecule has 4 heteroatoms. The Morgan fingerprint density at radius 1 is 1.12 bits per heavy atom. The summed E-state index contributed by atoms with van der Waals surface area (Å²) in [5, 5.41) is 3.03. The summed E-state index contributed by atoms with van der Waals surface area (Å²) in [6.07, 6.45) is 0. The fourth-order valence-electron chi connectivity index (χ4n) is 2.79. The largest absolute Gasteiger partial charge is 0.333 e. The van der Waals surface area contributed by atoms with Gasteiger partial charge in [-0.15, -0.1) is 0 Å². The molecule has 0 bridgehead atoms. The van der Waals surface area contributed by atoms with Gasteiger partial charge < -0.3 is 15.1 Å². The number of fused-ring (bicyclic) bond motifs is 1. The highest BCUT2D eigenvalue weighted by Crippen LogP contribution is 2.30. The van der Waals surface area contributed by atoms with Crippen molar-refractivity contribution in [1.29, 1.82) is 0 Å². The van der Waals surface area contributed by atoms with Crippen LogP contribution in [0.3, 0.4) is 0 Å². The molecule has 0 unspecified atom stereocenters. The summed E-state index contributed by atoms with van der Waals surface area (Å²) < 4.78 is 0. The first-order valence-corrected chi connectivity index (χ1v) is 6.11. The van der Waals surface area contributed by atoms with E-state index < -0.39 is 0 Å². The zero-order valence-corrected chi connectivity index (χ0v) is 10.8. The topological polar surface area (TPSA) is 35.6 Å². The lowest BCUT2D eigenvalue weighted by molar-refractivity contribution is 0.193. The summed E-state index contributed by atoms with van der Waals surface area (Å²) >= 11 is 0. The van der Waals surface area contributed by atoms with Crippen molar-refractivity contribution in [2.45, 2.75) is 26.3 Å². The lowest BCUT2D eigenvalue weighted by Crippen LogP contribution is -2.48. The maximum Gasteiger partial charge on any atom is 0.317 e. The van der Waals surface area contributed by atoms with E-state index in [1.807, 2.05) is 25.7 Å². The normalized spacial score (nSPS) is 30.6. The van der Waals surface area contributed by atoms with Crippen LogP contribution in [-0.4, -0.2) is 54.6 Å². The number of carbonyl (C=O) groups is 1. The van der Waals surface area contributed by atoms with E-state index in [9.17, 15) is 4.79 Å². The quantitative estimate of drug-likeness (QED) is 0.667. The molecule has 0 saturated carbocycles. The maximum absolute atomic E-state index is 12.0. The first-order chi connectivity index (χ1) is 7.35. The number of urea groups is 1. The zero-order valence-electron chi connectivity index (χ0n) is 10.8. The van der Waals surface area contributed by atoms with Crippen molar-refractivity contribution in [3.63, 3.8) is 0 Å². The molecule has 2 fully saturated rings. The summed E-state index contributed by atoms with van der Waals surface area (Å²) in [4.78, 5) is 16.3. The van der Waals surface area contributed by atoms with Crippen LogP contribution in [0.15, 0.2) is 0 Å². The van der Waals surface area contributed by atoms with Gasteiger partial charge in [0, 0.05) is 31.7 Å². The number of hydrogen-bond acceptors (Lipinski definition) is 2. The minimum Gasteiger partial charge on any atom is -0.333 e. The van der Waals surface area contributed by atoms with Crippen LogP contribution in [0.5, 0.6) is 0 Å². The van der Waals surface area contributed by atoms with Gasteiger partial charge in [-0.3, -0.25) is 0 Å². The van der Waals surface area contributed by atoms with Gasteiger partial charge in [0.2, 0.25) is 0 Å². The van der Waals surface area contributed by atoms with Crippen molar-refractivity contribution in [3.05, 3.63) is 0 Å². The van der Waals surface area contributed by atoms with Crippen molar-refractivity contribution >= 4 is 6.03 Å². The highest BCUT2D eigenvalue weighted by Gasteiger charge is 2.40. The number of carbonyl (C=O) groups excluding carboxylic acids is 1. The second-order valence-electron chi connectivity index (χ2n) is 6.33. The summed E-state index contributed by atoms with van der Waals surface area (Å²) in [7, 11) is 2.16. The predicted molar refractivity (Wildman–Crippen MR) is 64.3 cm³/mol. The van der Waals surface area contributed by atoms with Gasteiger partial charge >= 0.3 is 6.03 Å². The molecule has 2 atom stereocenters. The molecule has 2 heterocycles. The molecule has 16 heavy (non-hydrogen) atoms. The molecule has 0 radical (unpaired) electrons. The molecule has 2 aliphatic heterocycles. The van der Waals surface area contributed by atoms with Gasteiger partial charge in [-0.05, 0) is 39.7 Å². The van der Waals surface area contributed by atoms with E-state index >= 15 is 0 Å². The Morgan fingerprint density at radius 3 is 2.06 bits per heavy atom. The van der Waals surface area contributed by atoms with Crippen LogP contribution in [0.4, 0.5) is 4.79 Å². The average Bonchev–Trinajstić information content (AvgIpc) is 2.56. The molecule has 2 amide bonds. The lowest BCUT2D eigenvalue weighted by atomic mass is 10.0. The third-order valence-corrected chi connectivity index (χ3v) is 3.44. The minimum absolute atomic E-state index is 0.101. The molecule has 2 aliphatic rings. The molecule has 2 rings (SSSR count). The highest BCUT2D eigenvalue weighted by atomic mass is 16.2. The molecule has 2 saturated heterocycles. The molecular formula is C12H23N3O. The van der Waals surface area contributed by atoms with Gasteiger partial charge in [0.1, 0.15) is 0 Å². The molecule has 0 aliphatic carbocycles. The average molecular weight is 225 g/mol. The Morgan fingerprint density at radius 2 is 1.62 bits per heavy atom. The van der Waals surface area contributed by atoms with Crippen LogP contribution < -0.4 is 5.32 Å². The van der Waals surface area contributed by atoms with Crippen LogP contribution >= 0.6 is 0 Å². The fraction of sp³-hybridized carbons (Fsp3) is 0.917. The minimum atomic E-state index is -0.133. The van der Waals surface area contributed by atoms with E-state index in [2.05, 4.69) is 17.3 Å². The van der Waals surface area contributed by atoms with E-state index in [0.717, 1.165) is 26.2 Å². The van der Waals surface area contributed by atoms with Crippen molar-refractivity contribution in [1.82, 2.24) is 15.1 Å². The van der Waals surface area contributed by atoms with Gasteiger partial charge in [0.15, 0.2) is 0 Å². The van der Waals surface area contributed by atoms with Crippen LogP contribution in [0.25, 0.3) is 0 Å². The lowest BCUT2D eigenvalue weighted by Gasteiger charge is -2.26. The predicted octanol–water partition coefficient (Wildman–Crippen LogP) is 0.988. The number of likely N-dealkylation sites (tertiary alicyclic amines) is 2. The monoisotopic (exact) mass is 225 g/mol. The molecule has 0 aromatic carbocycles. The summed E-state index contributed by atoms with van der Waals surface area (Å²) in [5.74, 6) is 1.38. The van der Waals surface area contributed by atoms with Gasteiger partial charge in [-0.1, -0.05) is 0 Å². The molecule has 1 N–H and O–H groups in total. The summed E-state index contributed by atoms with van der Waals surface area (Å²) in [6.45, 7) is 10.2. The Balaban J connectivity index is 1.88.